The van der Waals surface area contributed by atoms with Crippen molar-refractivity contribution in [1.29, 1.82) is 0 Å². The fourth-order valence-electron chi connectivity index (χ4n) is 1.67. The highest BCUT2D eigenvalue weighted by Crippen LogP contribution is 2.25. The summed E-state index contributed by atoms with van der Waals surface area (Å²) < 4.78 is 24.6. The first kappa shape index (κ1) is 13.9. The lowest BCUT2D eigenvalue weighted by Crippen LogP contribution is -2.40. The van der Waals surface area contributed by atoms with Crippen LogP contribution in [-0.4, -0.2) is 24.4 Å². The first-order valence-electron chi connectivity index (χ1n) is 5.35. The van der Waals surface area contributed by atoms with Crippen molar-refractivity contribution in [3.05, 3.63) is 42.5 Å². The van der Waals surface area contributed by atoms with E-state index < -0.39 is 20.7 Å². The topological polar surface area (TPSA) is 54.4 Å². The van der Waals surface area contributed by atoms with Crippen molar-refractivity contribution in [1.82, 2.24) is 0 Å². The molecule has 94 valence electrons. The number of rotatable bonds is 4. The summed E-state index contributed by atoms with van der Waals surface area (Å²) in [6.45, 7) is 8.31. The molecule has 0 unspecified atom stereocenters. The van der Waals surface area contributed by atoms with Crippen LogP contribution in [0.25, 0.3) is 0 Å². The Morgan fingerprint density at radius 2 is 1.76 bits per heavy atom. The molecule has 0 aliphatic rings. The fraction of sp³-hybridized carbons (Fsp3) is 0.385. The minimum atomic E-state index is -3.59. The zero-order valence-electron chi connectivity index (χ0n) is 10.3. The minimum Gasteiger partial charge on any atom is -0.389 e. The second-order valence-electron chi connectivity index (χ2n) is 4.67. The largest absolute Gasteiger partial charge is 0.389 e. The lowest BCUT2D eigenvalue weighted by Gasteiger charge is -2.26. The average Bonchev–Trinajstić information content (AvgIpc) is 2.16. The molecule has 4 heteroatoms. The monoisotopic (exact) mass is 254 g/mol. The molecule has 0 aromatic heterocycles. The first-order chi connectivity index (χ1) is 7.69. The third-order valence-electron chi connectivity index (χ3n) is 2.59. The Bertz CT molecular complexity index is 492. The molecule has 0 aliphatic carbocycles. The maximum atomic E-state index is 12.3. The molecule has 0 fully saturated rings. The van der Waals surface area contributed by atoms with Gasteiger partial charge in [-0.25, -0.2) is 8.42 Å². The first-order valence-corrected chi connectivity index (χ1v) is 6.89. The van der Waals surface area contributed by atoms with E-state index in [2.05, 4.69) is 6.58 Å². The van der Waals surface area contributed by atoms with E-state index in [1.54, 1.807) is 24.3 Å². The van der Waals surface area contributed by atoms with E-state index >= 15 is 0 Å². The fourth-order valence-corrected chi connectivity index (χ4v) is 3.49. The molecule has 1 rings (SSSR count). The van der Waals surface area contributed by atoms with Gasteiger partial charge in [-0.2, -0.15) is 0 Å². The van der Waals surface area contributed by atoms with Crippen LogP contribution in [0.2, 0.25) is 0 Å². The molecule has 0 amide bonds. The normalized spacial score (nSPS) is 14.4. The predicted molar refractivity (Wildman–Crippen MR) is 68.6 cm³/mol. The molecule has 1 N–H and O–H groups in total. The van der Waals surface area contributed by atoms with Crippen LogP contribution in [0.5, 0.6) is 0 Å². The molecule has 0 aliphatic heterocycles. The summed E-state index contributed by atoms with van der Waals surface area (Å²) in [4.78, 5) is 0.204. The van der Waals surface area contributed by atoms with Gasteiger partial charge >= 0.3 is 0 Å². The Labute approximate surface area is 103 Å². The van der Waals surface area contributed by atoms with Crippen molar-refractivity contribution < 1.29 is 13.5 Å². The molecule has 0 saturated carbocycles. The second kappa shape index (κ2) is 4.63. The molecule has 1 aromatic rings. The Kier molecular flexibility index (Phi) is 3.79. The van der Waals surface area contributed by atoms with Crippen LogP contribution in [0.15, 0.2) is 41.8 Å². The van der Waals surface area contributed by atoms with Gasteiger partial charge in [0.25, 0.3) is 0 Å². The van der Waals surface area contributed by atoms with E-state index in [4.69, 9.17) is 0 Å². The van der Waals surface area contributed by atoms with E-state index in [1.807, 2.05) is 6.92 Å². The van der Waals surface area contributed by atoms with Crippen LogP contribution in [0.4, 0.5) is 0 Å². The van der Waals surface area contributed by atoms with Gasteiger partial charge in [0, 0.05) is 0 Å². The van der Waals surface area contributed by atoms with E-state index in [-0.39, 0.29) is 4.90 Å². The Morgan fingerprint density at radius 1 is 1.29 bits per heavy atom. The lowest BCUT2D eigenvalue weighted by atomic mass is 10.1. The van der Waals surface area contributed by atoms with E-state index in [1.165, 1.54) is 19.9 Å². The number of hydrogen-bond acceptors (Lipinski definition) is 3. The molecular weight excluding hydrogens is 236 g/mol. The average molecular weight is 254 g/mol. The molecule has 0 radical (unpaired) electrons. The highest BCUT2D eigenvalue weighted by Gasteiger charge is 2.36. The maximum Gasteiger partial charge on any atom is 0.187 e. The van der Waals surface area contributed by atoms with Crippen LogP contribution in [0.3, 0.4) is 0 Å². The van der Waals surface area contributed by atoms with Crippen molar-refractivity contribution in [3.8, 4) is 0 Å². The number of aryl methyl sites for hydroxylation is 1. The van der Waals surface area contributed by atoms with Gasteiger partial charge in [0.15, 0.2) is 9.84 Å². The molecule has 0 saturated heterocycles. The SMILES string of the molecule is C=C[C@@H](C(C)(C)O)S(=O)(=O)c1ccc(C)cc1. The number of benzene rings is 1. The van der Waals surface area contributed by atoms with Gasteiger partial charge in [-0.3, -0.25) is 0 Å². The summed E-state index contributed by atoms with van der Waals surface area (Å²) in [5, 5.41) is 8.86. The summed E-state index contributed by atoms with van der Waals surface area (Å²) in [6, 6.07) is 6.56. The van der Waals surface area contributed by atoms with Crippen LogP contribution in [0.1, 0.15) is 19.4 Å². The van der Waals surface area contributed by atoms with Gasteiger partial charge in [0.2, 0.25) is 0 Å². The zero-order chi connectivity index (χ0) is 13.3. The summed E-state index contributed by atoms with van der Waals surface area (Å²) >= 11 is 0. The standard InChI is InChI=1S/C13H18O3S/c1-5-12(13(3,4)14)17(15,16)11-8-6-10(2)7-9-11/h5-9,12,14H,1H2,2-4H3/t12-/m0/s1. The molecule has 3 nitrogen and oxygen atoms in total. The van der Waals surface area contributed by atoms with Crippen molar-refractivity contribution in [3.63, 3.8) is 0 Å². The molecule has 1 aromatic carbocycles. The third kappa shape index (κ3) is 2.96. The highest BCUT2D eigenvalue weighted by molar-refractivity contribution is 7.92. The quantitative estimate of drug-likeness (QED) is 0.837. The minimum absolute atomic E-state index is 0.204. The van der Waals surface area contributed by atoms with Crippen LogP contribution in [0, 0.1) is 6.92 Å². The Balaban J connectivity index is 3.27. The van der Waals surface area contributed by atoms with E-state index in [0.717, 1.165) is 5.56 Å². The molecule has 1 atom stereocenters. The van der Waals surface area contributed by atoms with Gasteiger partial charge in [-0.1, -0.05) is 23.8 Å². The van der Waals surface area contributed by atoms with Crippen molar-refractivity contribution in [2.45, 2.75) is 36.5 Å². The van der Waals surface area contributed by atoms with Gasteiger partial charge < -0.3 is 5.11 Å². The molecular formula is C13H18O3S. The maximum absolute atomic E-state index is 12.3. The molecule has 0 bridgehead atoms. The lowest BCUT2D eigenvalue weighted by molar-refractivity contribution is 0.0868. The van der Waals surface area contributed by atoms with Crippen LogP contribution < -0.4 is 0 Å². The van der Waals surface area contributed by atoms with Crippen molar-refractivity contribution >= 4 is 9.84 Å². The van der Waals surface area contributed by atoms with Gasteiger partial charge in [0.05, 0.1) is 10.5 Å². The molecule has 17 heavy (non-hydrogen) atoms. The van der Waals surface area contributed by atoms with Gasteiger partial charge in [-0.15, -0.1) is 6.58 Å². The zero-order valence-corrected chi connectivity index (χ0v) is 11.2. The third-order valence-corrected chi connectivity index (χ3v) is 4.96. The predicted octanol–water partition coefficient (Wildman–Crippen LogP) is 2.09. The molecule has 0 heterocycles. The highest BCUT2D eigenvalue weighted by atomic mass is 32.2. The van der Waals surface area contributed by atoms with Crippen molar-refractivity contribution in [2.24, 2.45) is 0 Å². The Morgan fingerprint density at radius 3 is 2.12 bits per heavy atom. The van der Waals surface area contributed by atoms with Gasteiger partial charge in [0.1, 0.15) is 5.25 Å². The number of sulfone groups is 1. The van der Waals surface area contributed by atoms with Gasteiger partial charge in [-0.05, 0) is 32.9 Å². The van der Waals surface area contributed by atoms with Crippen LogP contribution >= 0.6 is 0 Å². The molecule has 0 spiro atoms. The number of aliphatic hydroxyl groups is 1. The summed E-state index contributed by atoms with van der Waals surface area (Å²) in [5.41, 5.74) is -0.367. The summed E-state index contributed by atoms with van der Waals surface area (Å²) in [6.07, 6.45) is 1.27. The smallest absolute Gasteiger partial charge is 0.187 e. The van der Waals surface area contributed by atoms with E-state index in [0.29, 0.717) is 0 Å². The second-order valence-corrected chi connectivity index (χ2v) is 6.74. The summed E-state index contributed by atoms with van der Waals surface area (Å²) in [5.74, 6) is 0. The van der Waals surface area contributed by atoms with Crippen molar-refractivity contribution in [2.75, 3.05) is 0 Å². The number of hydrogen-bond donors (Lipinski definition) is 1. The Hall–Kier alpha value is -1.13. The van der Waals surface area contributed by atoms with E-state index in [9.17, 15) is 13.5 Å². The summed E-state index contributed by atoms with van der Waals surface area (Å²) in [7, 11) is -3.59. The van der Waals surface area contributed by atoms with Crippen LogP contribution in [-0.2, 0) is 9.84 Å².